The number of piperidine rings is 1. The Morgan fingerprint density at radius 1 is 1.25 bits per heavy atom. The maximum Gasteiger partial charge on any atom is 0.319 e. The van der Waals surface area contributed by atoms with Crippen molar-refractivity contribution in [3.05, 3.63) is 0 Å². The second-order valence-electron chi connectivity index (χ2n) is 5.86. The molecule has 6 nitrogen and oxygen atoms in total. The Labute approximate surface area is 121 Å². The molecule has 1 heterocycles. The molecule has 116 valence electrons. The molecule has 0 radical (unpaired) electrons. The van der Waals surface area contributed by atoms with Gasteiger partial charge in [-0.3, -0.25) is 4.79 Å². The first kappa shape index (κ1) is 16.8. The number of nitrogens with zero attached hydrogens (tertiary/aromatic N) is 2. The molecule has 0 saturated carbocycles. The van der Waals surface area contributed by atoms with Crippen molar-refractivity contribution in [2.75, 3.05) is 33.7 Å². The molecule has 0 aliphatic carbocycles. The van der Waals surface area contributed by atoms with Crippen LogP contribution in [-0.4, -0.2) is 67.6 Å². The van der Waals surface area contributed by atoms with E-state index in [4.69, 9.17) is 0 Å². The van der Waals surface area contributed by atoms with Crippen molar-refractivity contribution in [3.63, 3.8) is 0 Å². The van der Waals surface area contributed by atoms with Crippen LogP contribution in [0.2, 0.25) is 0 Å². The highest BCUT2D eigenvalue weighted by Gasteiger charge is 2.23. The third-order valence-electron chi connectivity index (χ3n) is 3.38. The van der Waals surface area contributed by atoms with E-state index in [9.17, 15) is 9.59 Å². The summed E-state index contributed by atoms with van der Waals surface area (Å²) in [4.78, 5) is 26.8. The zero-order valence-electron chi connectivity index (χ0n) is 13.1. The van der Waals surface area contributed by atoms with E-state index in [2.05, 4.69) is 10.6 Å². The Hall–Kier alpha value is -1.30. The Kier molecular flexibility index (Phi) is 6.78. The first-order chi connectivity index (χ1) is 9.40. The van der Waals surface area contributed by atoms with Crippen molar-refractivity contribution in [2.45, 2.75) is 45.2 Å². The highest BCUT2D eigenvalue weighted by Crippen LogP contribution is 2.11. The summed E-state index contributed by atoms with van der Waals surface area (Å²) in [6.07, 6.45) is 2.41. The van der Waals surface area contributed by atoms with Crippen LogP contribution < -0.4 is 10.6 Å². The summed E-state index contributed by atoms with van der Waals surface area (Å²) in [5.74, 6) is 0.0905. The minimum absolute atomic E-state index is 0.0831. The number of urea groups is 1. The zero-order valence-corrected chi connectivity index (χ0v) is 13.1. The number of likely N-dealkylation sites (tertiary alicyclic amines) is 1. The van der Waals surface area contributed by atoms with Gasteiger partial charge in [0.2, 0.25) is 5.91 Å². The van der Waals surface area contributed by atoms with Crippen molar-refractivity contribution < 1.29 is 9.59 Å². The van der Waals surface area contributed by atoms with Gasteiger partial charge in [-0.2, -0.15) is 0 Å². The van der Waals surface area contributed by atoms with Crippen LogP contribution in [0.1, 0.15) is 33.1 Å². The Morgan fingerprint density at radius 3 is 2.35 bits per heavy atom. The topological polar surface area (TPSA) is 64.7 Å². The molecule has 0 aromatic heterocycles. The fraction of sp³-hybridized carbons (Fsp3) is 0.857. The second-order valence-corrected chi connectivity index (χ2v) is 5.86. The molecular formula is C14H28N4O2. The first-order valence-electron chi connectivity index (χ1n) is 7.39. The third kappa shape index (κ3) is 5.77. The van der Waals surface area contributed by atoms with Crippen LogP contribution in [-0.2, 0) is 4.79 Å². The van der Waals surface area contributed by atoms with Gasteiger partial charge in [0.15, 0.2) is 0 Å². The summed E-state index contributed by atoms with van der Waals surface area (Å²) in [7, 11) is 3.56. The SMILES string of the molecule is CC(C)NC(=O)CCNC1CCN(C(=O)N(C)C)CC1. The summed E-state index contributed by atoms with van der Waals surface area (Å²) < 4.78 is 0. The fourth-order valence-corrected chi connectivity index (χ4v) is 2.34. The molecule has 0 atom stereocenters. The molecule has 6 heteroatoms. The number of carbonyl (C=O) groups excluding carboxylic acids is 2. The van der Waals surface area contributed by atoms with Crippen LogP contribution in [0.3, 0.4) is 0 Å². The average Bonchev–Trinajstić information content (AvgIpc) is 2.37. The summed E-state index contributed by atoms with van der Waals surface area (Å²) in [5, 5.41) is 6.28. The smallest absolute Gasteiger partial charge is 0.319 e. The fourth-order valence-electron chi connectivity index (χ4n) is 2.34. The van der Waals surface area contributed by atoms with Crippen molar-refractivity contribution in [1.82, 2.24) is 20.4 Å². The maximum atomic E-state index is 11.8. The molecule has 2 N–H and O–H groups in total. The minimum Gasteiger partial charge on any atom is -0.354 e. The molecule has 20 heavy (non-hydrogen) atoms. The van der Waals surface area contributed by atoms with E-state index in [1.54, 1.807) is 19.0 Å². The highest BCUT2D eigenvalue weighted by molar-refractivity contribution is 5.76. The van der Waals surface area contributed by atoms with Gasteiger partial charge >= 0.3 is 6.03 Å². The highest BCUT2D eigenvalue weighted by atomic mass is 16.2. The van der Waals surface area contributed by atoms with Gasteiger partial charge in [0, 0.05) is 52.2 Å². The maximum absolute atomic E-state index is 11.8. The zero-order chi connectivity index (χ0) is 15.1. The van der Waals surface area contributed by atoms with Gasteiger partial charge < -0.3 is 20.4 Å². The van der Waals surface area contributed by atoms with Gasteiger partial charge in [-0.15, -0.1) is 0 Å². The molecule has 1 saturated heterocycles. The van der Waals surface area contributed by atoms with E-state index < -0.39 is 0 Å². The number of nitrogens with one attached hydrogen (secondary N) is 2. The molecule has 1 aliphatic heterocycles. The lowest BCUT2D eigenvalue weighted by Crippen LogP contribution is -2.48. The molecular weight excluding hydrogens is 256 g/mol. The average molecular weight is 284 g/mol. The normalized spacial score (nSPS) is 16.4. The van der Waals surface area contributed by atoms with Gasteiger partial charge in [-0.1, -0.05) is 0 Å². The van der Waals surface area contributed by atoms with Gasteiger partial charge in [-0.25, -0.2) is 4.79 Å². The molecule has 0 aromatic rings. The van der Waals surface area contributed by atoms with E-state index in [1.165, 1.54) is 0 Å². The van der Waals surface area contributed by atoms with E-state index in [-0.39, 0.29) is 18.0 Å². The van der Waals surface area contributed by atoms with Crippen LogP contribution in [0.4, 0.5) is 4.79 Å². The van der Waals surface area contributed by atoms with Crippen molar-refractivity contribution >= 4 is 11.9 Å². The largest absolute Gasteiger partial charge is 0.354 e. The van der Waals surface area contributed by atoms with Gasteiger partial charge in [0.25, 0.3) is 0 Å². The number of rotatable bonds is 5. The Balaban J connectivity index is 2.17. The van der Waals surface area contributed by atoms with Crippen molar-refractivity contribution in [1.29, 1.82) is 0 Å². The number of hydrogen-bond donors (Lipinski definition) is 2. The van der Waals surface area contributed by atoms with Gasteiger partial charge in [-0.05, 0) is 26.7 Å². The number of carbonyl (C=O) groups is 2. The van der Waals surface area contributed by atoms with E-state index in [0.29, 0.717) is 19.0 Å². The summed E-state index contributed by atoms with van der Waals surface area (Å²) in [5.41, 5.74) is 0. The lowest BCUT2D eigenvalue weighted by molar-refractivity contribution is -0.121. The van der Waals surface area contributed by atoms with Crippen LogP contribution in [0.15, 0.2) is 0 Å². The van der Waals surface area contributed by atoms with E-state index in [1.807, 2.05) is 18.7 Å². The van der Waals surface area contributed by atoms with Crippen LogP contribution in [0.5, 0.6) is 0 Å². The molecule has 1 aliphatic rings. The van der Waals surface area contributed by atoms with Gasteiger partial charge in [0.05, 0.1) is 0 Å². The van der Waals surface area contributed by atoms with Crippen LogP contribution in [0, 0.1) is 0 Å². The Morgan fingerprint density at radius 2 is 1.85 bits per heavy atom. The van der Waals surface area contributed by atoms with Crippen molar-refractivity contribution in [3.8, 4) is 0 Å². The predicted molar refractivity (Wildman–Crippen MR) is 79.6 cm³/mol. The first-order valence-corrected chi connectivity index (χ1v) is 7.39. The molecule has 3 amide bonds. The molecule has 0 bridgehead atoms. The Bertz CT molecular complexity index is 323. The third-order valence-corrected chi connectivity index (χ3v) is 3.38. The van der Waals surface area contributed by atoms with E-state index in [0.717, 1.165) is 25.9 Å². The van der Waals surface area contributed by atoms with Crippen molar-refractivity contribution in [2.24, 2.45) is 0 Å². The van der Waals surface area contributed by atoms with Crippen LogP contribution in [0.25, 0.3) is 0 Å². The monoisotopic (exact) mass is 284 g/mol. The summed E-state index contributed by atoms with van der Waals surface area (Å²) in [6.45, 7) is 6.19. The lowest BCUT2D eigenvalue weighted by Gasteiger charge is -2.34. The lowest BCUT2D eigenvalue weighted by atomic mass is 10.1. The summed E-state index contributed by atoms with van der Waals surface area (Å²) >= 11 is 0. The predicted octanol–water partition coefficient (Wildman–Crippen LogP) is 0.637. The molecule has 0 aromatic carbocycles. The minimum atomic E-state index is 0.0831. The number of amides is 3. The van der Waals surface area contributed by atoms with Gasteiger partial charge in [0.1, 0.15) is 0 Å². The van der Waals surface area contributed by atoms with Crippen LogP contribution >= 0.6 is 0 Å². The molecule has 1 fully saturated rings. The summed E-state index contributed by atoms with van der Waals surface area (Å²) in [6, 6.07) is 0.690. The standard InChI is InChI=1S/C14H28N4O2/c1-11(2)16-13(19)5-8-15-12-6-9-18(10-7-12)14(20)17(3)4/h11-12,15H,5-10H2,1-4H3,(H,16,19). The second kappa shape index (κ2) is 8.09. The number of hydrogen-bond acceptors (Lipinski definition) is 3. The molecule has 0 spiro atoms. The van der Waals surface area contributed by atoms with E-state index >= 15 is 0 Å². The molecule has 1 rings (SSSR count). The quantitative estimate of drug-likeness (QED) is 0.778. The molecule has 0 unspecified atom stereocenters.